The van der Waals surface area contributed by atoms with E-state index in [-0.39, 0.29) is 17.9 Å². The van der Waals surface area contributed by atoms with Crippen molar-refractivity contribution in [3.63, 3.8) is 0 Å². The van der Waals surface area contributed by atoms with Crippen LogP contribution >= 0.6 is 0 Å². The molecular formula is C24H28F2N6O. The maximum atomic E-state index is 13.5. The molecule has 2 aliphatic heterocycles. The number of rotatable bonds is 5. The molecule has 0 spiro atoms. The molecule has 1 aromatic heterocycles. The first-order chi connectivity index (χ1) is 15.8. The fourth-order valence-corrected chi connectivity index (χ4v) is 4.68. The Hall–Kier alpha value is -3.04. The predicted octanol–water partition coefficient (Wildman–Crippen LogP) is 3.90. The third-order valence-corrected chi connectivity index (χ3v) is 6.11. The van der Waals surface area contributed by atoms with Crippen LogP contribution in [0.5, 0.6) is 0 Å². The fraction of sp³-hybridized carbons (Fsp3) is 0.417. The van der Waals surface area contributed by atoms with Crippen LogP contribution in [0.2, 0.25) is 0 Å². The SMILES string of the molecule is Cc1cc(Nc2ncn(-c3cc(F)cc(F)c3)n2)cc(N2CC(N3C[C@@H](C)O[C@@H](C)C3)C2)c1. The van der Waals surface area contributed by atoms with Gasteiger partial charge in [0.2, 0.25) is 5.95 Å². The maximum Gasteiger partial charge on any atom is 0.246 e. The first-order valence-electron chi connectivity index (χ1n) is 11.2. The van der Waals surface area contributed by atoms with Crippen molar-refractivity contribution in [2.24, 2.45) is 0 Å². The van der Waals surface area contributed by atoms with E-state index in [1.165, 1.54) is 23.1 Å². The molecule has 5 rings (SSSR count). The molecule has 2 fully saturated rings. The Balaban J connectivity index is 1.26. The third kappa shape index (κ3) is 4.84. The summed E-state index contributed by atoms with van der Waals surface area (Å²) in [5.74, 6) is -0.964. The molecule has 0 saturated carbocycles. The number of aromatic nitrogens is 3. The van der Waals surface area contributed by atoms with Crippen LogP contribution in [-0.2, 0) is 4.74 Å². The van der Waals surface area contributed by atoms with Gasteiger partial charge in [0.05, 0.1) is 17.9 Å². The number of hydrogen-bond acceptors (Lipinski definition) is 6. The molecule has 9 heteroatoms. The Morgan fingerprint density at radius 3 is 2.30 bits per heavy atom. The minimum absolute atomic E-state index is 0.272. The van der Waals surface area contributed by atoms with Crippen molar-refractivity contribution in [1.29, 1.82) is 0 Å². The lowest BCUT2D eigenvalue weighted by Gasteiger charge is -2.49. The van der Waals surface area contributed by atoms with Gasteiger partial charge in [0.15, 0.2) is 0 Å². The summed E-state index contributed by atoms with van der Waals surface area (Å²) in [6.07, 6.45) is 1.97. The molecule has 1 N–H and O–H groups in total. The van der Waals surface area contributed by atoms with Gasteiger partial charge in [-0.15, -0.1) is 5.10 Å². The monoisotopic (exact) mass is 454 g/mol. The maximum absolute atomic E-state index is 13.5. The van der Waals surface area contributed by atoms with Crippen LogP contribution < -0.4 is 10.2 Å². The molecule has 3 aromatic rings. The molecule has 2 aromatic carbocycles. The molecule has 7 nitrogen and oxygen atoms in total. The average Bonchev–Trinajstić information content (AvgIpc) is 3.13. The van der Waals surface area contributed by atoms with Gasteiger partial charge in [-0.1, -0.05) is 0 Å². The summed E-state index contributed by atoms with van der Waals surface area (Å²) in [5.41, 5.74) is 3.41. The Morgan fingerprint density at radius 2 is 1.61 bits per heavy atom. The molecule has 0 aliphatic carbocycles. The minimum atomic E-state index is -0.660. The number of nitrogens with one attached hydrogen (secondary N) is 1. The molecule has 0 amide bonds. The number of anilines is 3. The molecule has 0 bridgehead atoms. The second-order valence-electron chi connectivity index (χ2n) is 9.09. The van der Waals surface area contributed by atoms with Crippen LogP contribution in [0.4, 0.5) is 26.1 Å². The molecule has 0 unspecified atom stereocenters. The van der Waals surface area contributed by atoms with E-state index in [4.69, 9.17) is 4.74 Å². The van der Waals surface area contributed by atoms with Crippen molar-refractivity contribution < 1.29 is 13.5 Å². The van der Waals surface area contributed by atoms with Gasteiger partial charge in [-0.3, -0.25) is 4.90 Å². The standard InChI is InChI=1S/C24H28F2N6O/c1-15-4-20(28-24-27-14-32(29-24)22-7-18(25)6-19(26)8-22)9-21(5-15)31-12-23(13-31)30-10-16(2)33-17(3)11-30/h4-9,14,16-17,23H,10-13H2,1-3H3,(H,28,29)/t16-,17+. The largest absolute Gasteiger partial charge is 0.373 e. The highest BCUT2D eigenvalue weighted by Crippen LogP contribution is 2.30. The molecule has 174 valence electrons. The van der Waals surface area contributed by atoms with E-state index in [2.05, 4.69) is 58.1 Å². The summed E-state index contributed by atoms with van der Waals surface area (Å²) in [5, 5.41) is 7.52. The summed E-state index contributed by atoms with van der Waals surface area (Å²) in [4.78, 5) is 9.14. The van der Waals surface area contributed by atoms with Crippen molar-refractivity contribution in [3.05, 3.63) is 59.9 Å². The van der Waals surface area contributed by atoms with E-state index in [1.807, 2.05) is 6.07 Å². The van der Waals surface area contributed by atoms with Crippen molar-refractivity contribution in [1.82, 2.24) is 19.7 Å². The lowest BCUT2D eigenvalue weighted by molar-refractivity contribution is -0.0831. The number of halogens is 2. The van der Waals surface area contributed by atoms with Crippen molar-refractivity contribution in [2.75, 3.05) is 36.4 Å². The molecule has 3 heterocycles. The molecule has 0 radical (unpaired) electrons. The van der Waals surface area contributed by atoms with Crippen LogP contribution in [0.1, 0.15) is 19.4 Å². The predicted molar refractivity (Wildman–Crippen MR) is 123 cm³/mol. The highest BCUT2D eigenvalue weighted by atomic mass is 19.1. The Bertz CT molecular complexity index is 1120. The number of hydrogen-bond donors (Lipinski definition) is 1. The number of benzene rings is 2. The van der Waals surface area contributed by atoms with Gasteiger partial charge in [0.1, 0.15) is 18.0 Å². The van der Waals surface area contributed by atoms with Crippen molar-refractivity contribution in [3.8, 4) is 5.69 Å². The normalized spacial score (nSPS) is 21.8. The van der Waals surface area contributed by atoms with Crippen molar-refractivity contribution in [2.45, 2.75) is 39.0 Å². The topological polar surface area (TPSA) is 58.5 Å². The first-order valence-corrected chi connectivity index (χ1v) is 11.2. The lowest BCUT2D eigenvalue weighted by atomic mass is 10.0. The van der Waals surface area contributed by atoms with E-state index >= 15 is 0 Å². The van der Waals surface area contributed by atoms with Gasteiger partial charge in [-0.25, -0.2) is 13.5 Å². The minimum Gasteiger partial charge on any atom is -0.373 e. The lowest BCUT2D eigenvalue weighted by Crippen LogP contribution is -2.63. The quantitative estimate of drug-likeness (QED) is 0.631. The van der Waals surface area contributed by atoms with Gasteiger partial charge in [-0.2, -0.15) is 4.98 Å². The second-order valence-corrected chi connectivity index (χ2v) is 9.09. The van der Waals surface area contributed by atoms with Gasteiger partial charge in [0.25, 0.3) is 0 Å². The smallest absolute Gasteiger partial charge is 0.246 e. The highest BCUT2D eigenvalue weighted by Gasteiger charge is 2.35. The molecular weight excluding hydrogens is 426 g/mol. The van der Waals surface area contributed by atoms with Gasteiger partial charge in [0, 0.05) is 49.7 Å². The number of nitrogens with zero attached hydrogens (tertiary/aromatic N) is 5. The fourth-order valence-electron chi connectivity index (χ4n) is 4.68. The summed E-state index contributed by atoms with van der Waals surface area (Å²) in [6.45, 7) is 10.3. The van der Waals surface area contributed by atoms with E-state index in [0.717, 1.165) is 49.2 Å². The highest BCUT2D eigenvalue weighted by molar-refractivity contribution is 5.65. The summed E-state index contributed by atoms with van der Waals surface area (Å²) in [6, 6.07) is 10.1. The number of ether oxygens (including phenoxy) is 1. The van der Waals surface area contributed by atoms with E-state index in [1.54, 1.807) is 0 Å². The van der Waals surface area contributed by atoms with Gasteiger partial charge < -0.3 is 15.0 Å². The Kier molecular flexibility index (Phi) is 5.76. The van der Waals surface area contributed by atoms with E-state index in [0.29, 0.717) is 12.0 Å². The molecule has 2 aliphatic rings. The van der Waals surface area contributed by atoms with Gasteiger partial charge in [-0.05, 0) is 56.7 Å². The Morgan fingerprint density at radius 1 is 0.909 bits per heavy atom. The summed E-state index contributed by atoms with van der Waals surface area (Å²) < 4.78 is 34.3. The van der Waals surface area contributed by atoms with Gasteiger partial charge >= 0.3 is 0 Å². The third-order valence-electron chi connectivity index (χ3n) is 6.11. The van der Waals surface area contributed by atoms with E-state index in [9.17, 15) is 8.78 Å². The Labute approximate surface area is 192 Å². The van der Waals surface area contributed by atoms with Crippen LogP contribution in [0, 0.1) is 18.6 Å². The van der Waals surface area contributed by atoms with Crippen LogP contribution in [0.3, 0.4) is 0 Å². The second kappa shape index (κ2) is 8.72. The van der Waals surface area contributed by atoms with E-state index < -0.39 is 11.6 Å². The molecule has 33 heavy (non-hydrogen) atoms. The zero-order valence-corrected chi connectivity index (χ0v) is 19.0. The summed E-state index contributed by atoms with van der Waals surface area (Å²) >= 11 is 0. The van der Waals surface area contributed by atoms with Crippen molar-refractivity contribution >= 4 is 17.3 Å². The average molecular weight is 455 g/mol. The molecule has 2 atom stereocenters. The first kappa shape index (κ1) is 21.8. The van der Waals surface area contributed by atoms with Crippen LogP contribution in [-0.4, -0.2) is 64.1 Å². The number of aryl methyl sites for hydroxylation is 1. The zero-order chi connectivity index (χ0) is 23.1. The van der Waals surface area contributed by atoms with Crippen LogP contribution in [0.15, 0.2) is 42.7 Å². The van der Waals surface area contributed by atoms with Crippen LogP contribution in [0.25, 0.3) is 5.69 Å². The number of morpholine rings is 1. The molecule has 2 saturated heterocycles. The zero-order valence-electron chi connectivity index (χ0n) is 19.0. The summed E-state index contributed by atoms with van der Waals surface area (Å²) in [7, 11) is 0.